The Balaban J connectivity index is 1.15. The van der Waals surface area contributed by atoms with Crippen molar-refractivity contribution in [2.45, 2.75) is 31.7 Å². The van der Waals surface area contributed by atoms with E-state index in [0.29, 0.717) is 0 Å². The molecule has 0 heterocycles. The summed E-state index contributed by atoms with van der Waals surface area (Å²) in [6.07, 6.45) is 0. The first-order valence-electron chi connectivity index (χ1n) is 19.2. The zero-order valence-electron chi connectivity index (χ0n) is 31.4. The Morgan fingerprint density at radius 2 is 0.800 bits per heavy atom. The third kappa shape index (κ3) is 5.28. The number of anilines is 3. The van der Waals surface area contributed by atoms with Crippen molar-refractivity contribution in [2.24, 2.45) is 5.73 Å². The van der Waals surface area contributed by atoms with Crippen LogP contribution >= 0.6 is 0 Å². The maximum atomic E-state index is 7.12. The van der Waals surface area contributed by atoms with E-state index in [9.17, 15) is 0 Å². The summed E-state index contributed by atoms with van der Waals surface area (Å²) in [4.78, 5) is 2.42. The van der Waals surface area contributed by atoms with Crippen LogP contribution < -0.4 is 10.6 Å². The quantitative estimate of drug-likeness (QED) is 0.186. The predicted molar refractivity (Wildman–Crippen MR) is 231 cm³/mol. The minimum absolute atomic E-state index is 0.117. The fourth-order valence-electron chi connectivity index (χ4n) is 9.18. The van der Waals surface area contributed by atoms with Gasteiger partial charge in [-0.3, -0.25) is 0 Å². The summed E-state index contributed by atoms with van der Waals surface area (Å²) in [5.41, 5.74) is 27.0. The highest BCUT2D eigenvalue weighted by molar-refractivity contribution is 5.92. The number of fused-ring (bicyclic) bond motifs is 6. The number of nitrogens with two attached hydrogens (primary N) is 1. The van der Waals surface area contributed by atoms with Crippen molar-refractivity contribution in [1.29, 1.82) is 0 Å². The second-order valence-electron chi connectivity index (χ2n) is 15.8. The molecule has 0 aliphatic heterocycles. The molecule has 1 atom stereocenters. The van der Waals surface area contributed by atoms with Crippen LogP contribution in [0.4, 0.5) is 17.1 Å². The smallest absolute Gasteiger partial charge is 0.0649 e. The van der Waals surface area contributed by atoms with E-state index in [1.165, 1.54) is 66.8 Å². The van der Waals surface area contributed by atoms with Crippen LogP contribution in [-0.2, 0) is 11.0 Å². The lowest BCUT2D eigenvalue weighted by atomic mass is 9.82. The fraction of sp³-hybridized carbons (Fsp3) is 0.0943. The van der Waals surface area contributed by atoms with Crippen LogP contribution in [0.15, 0.2) is 188 Å². The summed E-state index contributed by atoms with van der Waals surface area (Å²) in [6, 6.07) is 68.6. The zero-order valence-corrected chi connectivity index (χ0v) is 31.4. The summed E-state index contributed by atoms with van der Waals surface area (Å²) >= 11 is 0. The van der Waals surface area contributed by atoms with Crippen molar-refractivity contribution in [2.75, 3.05) is 4.90 Å². The van der Waals surface area contributed by atoms with Gasteiger partial charge in [-0.1, -0.05) is 159 Å². The van der Waals surface area contributed by atoms with Gasteiger partial charge in [-0.15, -0.1) is 0 Å². The molecule has 8 aromatic rings. The third-order valence-electron chi connectivity index (χ3n) is 12.1. The second-order valence-corrected chi connectivity index (χ2v) is 15.8. The Bertz CT molecular complexity index is 2740. The first kappa shape index (κ1) is 33.1. The molecule has 10 rings (SSSR count). The van der Waals surface area contributed by atoms with E-state index in [1.54, 1.807) is 0 Å². The van der Waals surface area contributed by atoms with E-state index in [-0.39, 0.29) is 5.41 Å². The van der Waals surface area contributed by atoms with E-state index in [2.05, 4.69) is 214 Å². The molecular formula is C53H42N2. The highest BCUT2D eigenvalue weighted by Gasteiger charge is 2.37. The van der Waals surface area contributed by atoms with Gasteiger partial charge in [0, 0.05) is 22.5 Å². The van der Waals surface area contributed by atoms with Crippen LogP contribution in [0, 0.1) is 0 Å². The molecular weight excluding hydrogens is 665 g/mol. The normalized spacial score (nSPS) is 15.9. The first-order chi connectivity index (χ1) is 26.8. The Kier molecular flexibility index (Phi) is 7.56. The summed E-state index contributed by atoms with van der Waals surface area (Å²) in [6.45, 7) is 6.84. The Morgan fingerprint density at radius 3 is 1.51 bits per heavy atom. The summed E-state index contributed by atoms with van der Waals surface area (Å²) in [7, 11) is 0. The van der Waals surface area contributed by atoms with Crippen LogP contribution in [0.25, 0.3) is 55.6 Å². The van der Waals surface area contributed by atoms with Crippen molar-refractivity contribution in [3.05, 3.63) is 210 Å². The van der Waals surface area contributed by atoms with Gasteiger partial charge in [0.25, 0.3) is 0 Å². The van der Waals surface area contributed by atoms with Gasteiger partial charge in [-0.05, 0) is 127 Å². The predicted octanol–water partition coefficient (Wildman–Crippen LogP) is 13.7. The van der Waals surface area contributed by atoms with Gasteiger partial charge in [0.05, 0.1) is 5.54 Å². The van der Waals surface area contributed by atoms with Gasteiger partial charge in [0.2, 0.25) is 0 Å². The maximum absolute atomic E-state index is 7.12. The minimum atomic E-state index is -0.571. The van der Waals surface area contributed by atoms with Gasteiger partial charge in [0.1, 0.15) is 0 Å². The number of benzene rings is 8. The highest BCUT2D eigenvalue weighted by Crippen LogP contribution is 2.52. The molecule has 2 nitrogen and oxygen atoms in total. The molecule has 0 radical (unpaired) electrons. The largest absolute Gasteiger partial charge is 0.318 e. The number of hydrogen-bond acceptors (Lipinski definition) is 2. The first-order valence-corrected chi connectivity index (χ1v) is 19.2. The summed E-state index contributed by atoms with van der Waals surface area (Å²) in [5, 5.41) is 0. The molecule has 55 heavy (non-hydrogen) atoms. The van der Waals surface area contributed by atoms with Crippen LogP contribution in [0.2, 0.25) is 0 Å². The van der Waals surface area contributed by atoms with Crippen molar-refractivity contribution >= 4 is 17.1 Å². The standard InChI is InChI=1S/C53H42N2/c1-52(2)48-20-12-10-18-43(48)45-31-28-41(34-50(45)52)55(39-25-22-36(23-26-39)35-14-6-4-7-15-35)40-27-30-42(47(33-40)37-16-8-5-9-17-37)38-24-29-46-44-19-11-13-21-49(44)53(3,54)51(46)32-38/h4-34H,54H2,1-3H3. The molecule has 0 fully saturated rings. The lowest BCUT2D eigenvalue weighted by Crippen LogP contribution is -2.31. The molecule has 2 N–H and O–H groups in total. The van der Waals surface area contributed by atoms with Gasteiger partial charge < -0.3 is 10.6 Å². The maximum Gasteiger partial charge on any atom is 0.0649 e. The van der Waals surface area contributed by atoms with Crippen LogP contribution in [0.3, 0.4) is 0 Å². The van der Waals surface area contributed by atoms with E-state index in [4.69, 9.17) is 5.73 Å². The van der Waals surface area contributed by atoms with Crippen molar-refractivity contribution in [3.8, 4) is 55.6 Å². The van der Waals surface area contributed by atoms with Crippen molar-refractivity contribution in [1.82, 2.24) is 0 Å². The molecule has 0 aromatic heterocycles. The van der Waals surface area contributed by atoms with E-state index < -0.39 is 5.54 Å². The molecule has 2 heteroatoms. The minimum Gasteiger partial charge on any atom is -0.318 e. The van der Waals surface area contributed by atoms with Crippen LogP contribution in [0.1, 0.15) is 43.0 Å². The number of rotatable bonds is 6. The van der Waals surface area contributed by atoms with Crippen LogP contribution in [-0.4, -0.2) is 0 Å². The van der Waals surface area contributed by atoms with Gasteiger partial charge >= 0.3 is 0 Å². The van der Waals surface area contributed by atoms with E-state index >= 15 is 0 Å². The van der Waals surface area contributed by atoms with E-state index in [1.807, 2.05) is 0 Å². The van der Waals surface area contributed by atoms with Crippen molar-refractivity contribution < 1.29 is 0 Å². The second kappa shape index (κ2) is 12.6. The fourth-order valence-corrected chi connectivity index (χ4v) is 9.18. The monoisotopic (exact) mass is 706 g/mol. The molecule has 8 aromatic carbocycles. The SMILES string of the molecule is CC1(C)c2ccccc2-c2ccc(N(c3ccc(-c4ccccc4)cc3)c3ccc(-c4ccc5c(c4)C(C)(N)c4ccccc4-5)c(-c4ccccc4)c3)cc21. The molecule has 2 aliphatic rings. The molecule has 0 saturated heterocycles. The molecule has 0 bridgehead atoms. The Morgan fingerprint density at radius 1 is 0.327 bits per heavy atom. The highest BCUT2D eigenvalue weighted by atomic mass is 15.1. The molecule has 1 unspecified atom stereocenters. The summed E-state index contributed by atoms with van der Waals surface area (Å²) < 4.78 is 0. The zero-order chi connectivity index (χ0) is 37.3. The average molecular weight is 707 g/mol. The Hall–Kier alpha value is -6.48. The molecule has 0 spiro atoms. The van der Waals surface area contributed by atoms with Crippen molar-refractivity contribution in [3.63, 3.8) is 0 Å². The average Bonchev–Trinajstić information content (AvgIpc) is 3.61. The van der Waals surface area contributed by atoms with Gasteiger partial charge in [-0.2, -0.15) is 0 Å². The van der Waals surface area contributed by atoms with Gasteiger partial charge in [-0.25, -0.2) is 0 Å². The number of nitrogens with zero attached hydrogens (tertiary/aromatic N) is 1. The summed E-state index contributed by atoms with van der Waals surface area (Å²) in [5.74, 6) is 0. The lowest BCUT2D eigenvalue weighted by Gasteiger charge is -2.29. The third-order valence-corrected chi connectivity index (χ3v) is 12.1. The van der Waals surface area contributed by atoms with Gasteiger partial charge in [0.15, 0.2) is 0 Å². The molecule has 264 valence electrons. The molecule has 2 aliphatic carbocycles. The van der Waals surface area contributed by atoms with E-state index in [0.717, 1.165) is 28.2 Å². The lowest BCUT2D eigenvalue weighted by molar-refractivity contribution is 0.621. The molecule has 0 saturated carbocycles. The topological polar surface area (TPSA) is 29.3 Å². The number of hydrogen-bond donors (Lipinski definition) is 1. The van der Waals surface area contributed by atoms with Crippen LogP contribution in [0.5, 0.6) is 0 Å². The molecule has 0 amide bonds. The Labute approximate surface area is 324 Å².